The number of carbonyl (C=O) groups is 1. The molecule has 0 bridgehead atoms. The first-order valence-corrected chi connectivity index (χ1v) is 9.93. The molecule has 0 radical (unpaired) electrons. The van der Waals surface area contributed by atoms with Crippen LogP contribution in [0.15, 0.2) is 78.7 Å². The van der Waals surface area contributed by atoms with E-state index in [2.05, 4.69) is 20.6 Å². The Bertz CT molecular complexity index is 1050. The maximum Gasteiger partial charge on any atom is 0.270 e. The summed E-state index contributed by atoms with van der Waals surface area (Å²) in [6.45, 7) is 0.804. The van der Waals surface area contributed by atoms with Gasteiger partial charge in [0.15, 0.2) is 5.13 Å². The maximum atomic E-state index is 12.2. The highest BCUT2D eigenvalue weighted by atomic mass is 32.1. The molecular weight excluding hydrogens is 386 g/mol. The molecule has 4 rings (SSSR count). The van der Waals surface area contributed by atoms with Crippen molar-refractivity contribution in [2.45, 2.75) is 0 Å². The van der Waals surface area contributed by atoms with E-state index in [1.807, 2.05) is 65.4 Å². The van der Waals surface area contributed by atoms with E-state index in [0.717, 1.165) is 17.1 Å². The Balaban J connectivity index is 1.27. The third-order valence-electron chi connectivity index (χ3n) is 4.06. The van der Waals surface area contributed by atoms with Crippen LogP contribution in [0.1, 0.15) is 10.5 Å². The summed E-state index contributed by atoms with van der Waals surface area (Å²) in [4.78, 5) is 20.6. The van der Waals surface area contributed by atoms with Gasteiger partial charge in [-0.3, -0.25) is 4.79 Å². The summed E-state index contributed by atoms with van der Waals surface area (Å²) in [5, 5.41) is 8.42. The number of anilines is 2. The third-order valence-corrected chi connectivity index (χ3v) is 4.82. The molecule has 2 aromatic carbocycles. The van der Waals surface area contributed by atoms with Gasteiger partial charge < -0.3 is 19.9 Å². The predicted molar refractivity (Wildman–Crippen MR) is 113 cm³/mol. The number of hydrogen-bond acceptors (Lipinski definition) is 6. The fraction of sp³-hybridized carbons (Fsp3) is 0.0952. The fourth-order valence-electron chi connectivity index (χ4n) is 2.63. The minimum atomic E-state index is -0.221. The lowest BCUT2D eigenvalue weighted by Gasteiger charge is -2.06. The van der Waals surface area contributed by atoms with Crippen molar-refractivity contribution in [3.8, 4) is 11.4 Å². The Morgan fingerprint density at radius 3 is 2.69 bits per heavy atom. The molecular formula is C21H19N5O2S. The van der Waals surface area contributed by atoms with E-state index < -0.39 is 0 Å². The van der Waals surface area contributed by atoms with Crippen LogP contribution < -0.4 is 15.4 Å². The number of imidazole rings is 1. The van der Waals surface area contributed by atoms with Gasteiger partial charge in [0.05, 0.1) is 12.9 Å². The summed E-state index contributed by atoms with van der Waals surface area (Å²) in [7, 11) is 0. The number of ether oxygens (including phenoxy) is 1. The number of hydrogen-bond donors (Lipinski definition) is 2. The molecule has 7 nitrogen and oxygen atoms in total. The number of carbonyl (C=O) groups excluding carboxylic acids is 1. The van der Waals surface area contributed by atoms with Gasteiger partial charge in [-0.15, -0.1) is 11.3 Å². The molecule has 0 atom stereocenters. The van der Waals surface area contributed by atoms with Crippen molar-refractivity contribution in [1.29, 1.82) is 0 Å². The van der Waals surface area contributed by atoms with Crippen molar-refractivity contribution >= 4 is 28.1 Å². The molecule has 0 aliphatic rings. The summed E-state index contributed by atoms with van der Waals surface area (Å²) >= 11 is 1.38. The summed E-state index contributed by atoms with van der Waals surface area (Å²) in [6.07, 6.45) is 5.38. The van der Waals surface area contributed by atoms with Crippen LogP contribution in [0.4, 0.5) is 10.8 Å². The molecule has 0 fully saturated rings. The van der Waals surface area contributed by atoms with Crippen LogP contribution >= 0.6 is 11.3 Å². The maximum absolute atomic E-state index is 12.2. The summed E-state index contributed by atoms with van der Waals surface area (Å²) in [5.74, 6) is 0.558. The second kappa shape index (κ2) is 9.03. The predicted octanol–water partition coefficient (Wildman–Crippen LogP) is 3.88. The van der Waals surface area contributed by atoms with Gasteiger partial charge in [-0.2, -0.15) is 0 Å². The monoisotopic (exact) mass is 405 g/mol. The molecule has 29 heavy (non-hydrogen) atoms. The van der Waals surface area contributed by atoms with Crippen LogP contribution in [-0.4, -0.2) is 33.6 Å². The molecule has 0 aliphatic carbocycles. The highest BCUT2D eigenvalue weighted by Crippen LogP contribution is 2.22. The number of nitrogens with one attached hydrogen (secondary N) is 2. The molecule has 0 spiro atoms. The average Bonchev–Trinajstić information content (AvgIpc) is 3.45. The zero-order chi connectivity index (χ0) is 19.9. The van der Waals surface area contributed by atoms with Crippen molar-refractivity contribution in [2.24, 2.45) is 0 Å². The summed E-state index contributed by atoms with van der Waals surface area (Å²) in [5.41, 5.74) is 2.30. The molecule has 0 aliphatic heterocycles. The second-order valence-corrected chi connectivity index (χ2v) is 6.96. The number of rotatable bonds is 8. The number of nitrogens with zero attached hydrogens (tertiary/aromatic N) is 3. The van der Waals surface area contributed by atoms with Gasteiger partial charge >= 0.3 is 0 Å². The molecule has 0 saturated heterocycles. The minimum absolute atomic E-state index is 0.221. The number of para-hydroxylation sites is 1. The smallest absolute Gasteiger partial charge is 0.270 e. The standard InChI is InChI=1S/C21H19N5O2S/c27-20(23-11-13-28-18-4-2-1-3-5-18)19-14-29-21(25-19)24-16-6-8-17(9-7-16)26-12-10-22-15-26/h1-10,12,14-15H,11,13H2,(H,23,27)(H,24,25). The second-order valence-electron chi connectivity index (χ2n) is 6.10. The lowest BCUT2D eigenvalue weighted by Crippen LogP contribution is -2.28. The Hall–Kier alpha value is -3.65. The molecule has 8 heteroatoms. The Kier molecular flexibility index (Phi) is 5.82. The average molecular weight is 405 g/mol. The molecule has 2 N–H and O–H groups in total. The fourth-order valence-corrected chi connectivity index (χ4v) is 3.34. The lowest BCUT2D eigenvalue weighted by molar-refractivity contribution is 0.0943. The van der Waals surface area contributed by atoms with E-state index >= 15 is 0 Å². The van der Waals surface area contributed by atoms with Gasteiger partial charge in [-0.1, -0.05) is 18.2 Å². The molecule has 0 saturated carbocycles. The van der Waals surface area contributed by atoms with E-state index in [1.54, 1.807) is 17.9 Å². The highest BCUT2D eigenvalue weighted by Gasteiger charge is 2.10. The SMILES string of the molecule is O=C(NCCOc1ccccc1)c1csc(Nc2ccc(-n3ccnc3)cc2)n1. The Labute approximate surface area is 172 Å². The topological polar surface area (TPSA) is 81.1 Å². The lowest BCUT2D eigenvalue weighted by atomic mass is 10.3. The quantitative estimate of drug-likeness (QED) is 0.435. The van der Waals surface area contributed by atoms with Crippen LogP contribution in [0.5, 0.6) is 5.75 Å². The van der Waals surface area contributed by atoms with Gasteiger partial charge in [0.2, 0.25) is 0 Å². The van der Waals surface area contributed by atoms with Crippen molar-refractivity contribution < 1.29 is 9.53 Å². The number of benzene rings is 2. The molecule has 2 aromatic heterocycles. The first-order valence-electron chi connectivity index (χ1n) is 9.05. The van der Waals surface area contributed by atoms with Gasteiger partial charge in [0.25, 0.3) is 5.91 Å². The van der Waals surface area contributed by atoms with E-state index in [4.69, 9.17) is 4.74 Å². The zero-order valence-electron chi connectivity index (χ0n) is 15.5. The van der Waals surface area contributed by atoms with E-state index in [1.165, 1.54) is 11.3 Å². The van der Waals surface area contributed by atoms with Gasteiger partial charge in [0, 0.05) is 29.1 Å². The number of thiazole rings is 1. The summed E-state index contributed by atoms with van der Waals surface area (Å²) in [6, 6.07) is 17.4. The van der Waals surface area contributed by atoms with E-state index in [-0.39, 0.29) is 5.91 Å². The van der Waals surface area contributed by atoms with Gasteiger partial charge in [-0.05, 0) is 36.4 Å². The molecule has 1 amide bonds. The molecule has 2 heterocycles. The van der Waals surface area contributed by atoms with Crippen molar-refractivity contribution in [1.82, 2.24) is 19.9 Å². The summed E-state index contributed by atoms with van der Waals surface area (Å²) < 4.78 is 7.49. The van der Waals surface area contributed by atoms with Gasteiger partial charge in [0.1, 0.15) is 18.1 Å². The van der Waals surface area contributed by atoms with Crippen LogP contribution in [0, 0.1) is 0 Å². The largest absolute Gasteiger partial charge is 0.492 e. The van der Waals surface area contributed by atoms with Gasteiger partial charge in [-0.25, -0.2) is 9.97 Å². The molecule has 0 unspecified atom stereocenters. The Morgan fingerprint density at radius 1 is 1.10 bits per heavy atom. The van der Waals surface area contributed by atoms with Crippen molar-refractivity contribution in [2.75, 3.05) is 18.5 Å². The van der Waals surface area contributed by atoms with Crippen molar-refractivity contribution in [3.63, 3.8) is 0 Å². The van der Waals surface area contributed by atoms with Crippen LogP contribution in [-0.2, 0) is 0 Å². The Morgan fingerprint density at radius 2 is 1.93 bits per heavy atom. The van der Waals surface area contributed by atoms with Crippen molar-refractivity contribution in [3.05, 3.63) is 84.4 Å². The number of aromatic nitrogens is 3. The van der Waals surface area contributed by atoms with Crippen LogP contribution in [0.2, 0.25) is 0 Å². The number of amides is 1. The van der Waals surface area contributed by atoms with Crippen LogP contribution in [0.3, 0.4) is 0 Å². The normalized spacial score (nSPS) is 10.5. The van der Waals surface area contributed by atoms with E-state index in [0.29, 0.717) is 24.0 Å². The molecule has 146 valence electrons. The first kappa shape index (κ1) is 18.7. The minimum Gasteiger partial charge on any atom is -0.492 e. The van der Waals surface area contributed by atoms with Crippen LogP contribution in [0.25, 0.3) is 5.69 Å². The first-order chi connectivity index (χ1) is 14.3. The van der Waals surface area contributed by atoms with E-state index in [9.17, 15) is 4.79 Å². The molecule has 4 aromatic rings. The zero-order valence-corrected chi connectivity index (χ0v) is 16.3. The highest BCUT2D eigenvalue weighted by molar-refractivity contribution is 7.14. The third kappa shape index (κ3) is 4.99.